The highest BCUT2D eigenvalue weighted by Crippen LogP contribution is 2.26. The van der Waals surface area contributed by atoms with Crippen molar-refractivity contribution < 1.29 is 14.3 Å². The van der Waals surface area contributed by atoms with E-state index in [0.29, 0.717) is 6.54 Å². The second-order valence-corrected chi connectivity index (χ2v) is 7.26. The van der Waals surface area contributed by atoms with Crippen LogP contribution in [0.3, 0.4) is 0 Å². The summed E-state index contributed by atoms with van der Waals surface area (Å²) in [7, 11) is 0. The second-order valence-electron chi connectivity index (χ2n) is 7.26. The van der Waals surface area contributed by atoms with Crippen LogP contribution in [0.2, 0.25) is 0 Å². The van der Waals surface area contributed by atoms with Crippen molar-refractivity contribution in [2.24, 2.45) is 0 Å². The lowest BCUT2D eigenvalue weighted by molar-refractivity contribution is -0.162. The van der Waals surface area contributed by atoms with E-state index in [0.717, 1.165) is 16.7 Å². The number of carbonyl (C=O) groups excluding carboxylic acids is 2. The van der Waals surface area contributed by atoms with E-state index in [2.05, 4.69) is 11.9 Å². The molecule has 0 aliphatic carbocycles. The molecule has 130 valence electrons. The zero-order valence-corrected chi connectivity index (χ0v) is 15.1. The third kappa shape index (κ3) is 3.45. The Kier molecular flexibility index (Phi) is 4.74. The quantitative estimate of drug-likeness (QED) is 0.865. The minimum Gasteiger partial charge on any atom is -0.462 e. The summed E-state index contributed by atoms with van der Waals surface area (Å²) >= 11 is 0. The molecule has 0 spiro atoms. The van der Waals surface area contributed by atoms with Crippen LogP contribution in [0, 0.1) is 0 Å². The topological polar surface area (TPSA) is 58.6 Å². The van der Waals surface area contributed by atoms with E-state index in [-0.39, 0.29) is 18.6 Å². The van der Waals surface area contributed by atoms with E-state index < -0.39 is 11.1 Å². The third-order valence-electron chi connectivity index (χ3n) is 4.46. The molecule has 2 amide bonds. The number of esters is 1. The van der Waals surface area contributed by atoms with E-state index in [4.69, 9.17) is 4.74 Å². The molecular formula is C19H26N2O3. The van der Waals surface area contributed by atoms with Crippen LogP contribution in [-0.2, 0) is 15.1 Å². The van der Waals surface area contributed by atoms with Gasteiger partial charge < -0.3 is 15.0 Å². The molecule has 0 unspecified atom stereocenters. The number of cyclic esters (lactones) is 1. The Morgan fingerprint density at radius 1 is 1.38 bits per heavy atom. The lowest BCUT2D eigenvalue weighted by Gasteiger charge is -2.41. The van der Waals surface area contributed by atoms with Gasteiger partial charge in [0.05, 0.1) is 12.1 Å². The maximum absolute atomic E-state index is 12.8. The van der Waals surface area contributed by atoms with Crippen LogP contribution < -0.4 is 5.32 Å². The van der Waals surface area contributed by atoms with Crippen LogP contribution in [0.15, 0.2) is 30.8 Å². The molecule has 5 nitrogen and oxygen atoms in total. The summed E-state index contributed by atoms with van der Waals surface area (Å²) in [5, 5.41) is 3.03. The van der Waals surface area contributed by atoms with E-state index in [1.54, 1.807) is 13.8 Å². The smallest absolute Gasteiger partial charge is 0.331 e. The van der Waals surface area contributed by atoms with Crippen LogP contribution in [0.25, 0.3) is 5.57 Å². The molecule has 0 aromatic heterocycles. The van der Waals surface area contributed by atoms with Gasteiger partial charge in [-0.3, -0.25) is 0 Å². The van der Waals surface area contributed by atoms with Crippen molar-refractivity contribution in [1.29, 1.82) is 0 Å². The molecule has 0 bridgehead atoms. The highest BCUT2D eigenvalue weighted by atomic mass is 16.5. The monoisotopic (exact) mass is 330 g/mol. The lowest BCUT2D eigenvalue weighted by Crippen LogP contribution is -2.62. The predicted molar refractivity (Wildman–Crippen MR) is 94.5 cm³/mol. The van der Waals surface area contributed by atoms with Gasteiger partial charge in [0.15, 0.2) is 0 Å². The Labute approximate surface area is 143 Å². The summed E-state index contributed by atoms with van der Waals surface area (Å²) in [6.45, 7) is 13.8. The van der Waals surface area contributed by atoms with Gasteiger partial charge in [-0.15, -0.1) is 0 Å². The number of urea groups is 1. The Morgan fingerprint density at radius 3 is 2.67 bits per heavy atom. The fourth-order valence-corrected chi connectivity index (χ4v) is 2.73. The molecule has 5 heteroatoms. The average molecular weight is 330 g/mol. The Balaban J connectivity index is 2.22. The van der Waals surface area contributed by atoms with Crippen molar-refractivity contribution in [2.45, 2.75) is 45.7 Å². The zero-order valence-electron chi connectivity index (χ0n) is 15.1. The van der Waals surface area contributed by atoms with E-state index in [1.807, 2.05) is 45.0 Å². The molecule has 0 radical (unpaired) electrons. The summed E-state index contributed by atoms with van der Waals surface area (Å²) in [6, 6.07) is 7.67. The Morgan fingerprint density at radius 2 is 2.04 bits per heavy atom. The predicted octanol–water partition coefficient (Wildman–Crippen LogP) is 3.30. The summed E-state index contributed by atoms with van der Waals surface area (Å²) in [5.74, 6) is -0.383. The Hall–Kier alpha value is -2.30. The molecule has 1 saturated heterocycles. The highest BCUT2D eigenvalue weighted by molar-refractivity contribution is 5.88. The SMILES string of the molecule is C=C(C)c1cccc(C(C)(C)NC(=O)N2CCOC(=O)C2(C)C)c1. The number of hydrogen-bond acceptors (Lipinski definition) is 3. The van der Waals surface area contributed by atoms with Crippen LogP contribution >= 0.6 is 0 Å². The number of amides is 2. The maximum atomic E-state index is 12.8. The minimum atomic E-state index is -0.974. The van der Waals surface area contributed by atoms with Gasteiger partial charge in [0.1, 0.15) is 12.1 Å². The molecule has 2 rings (SSSR count). The highest BCUT2D eigenvalue weighted by Gasteiger charge is 2.43. The molecule has 0 atom stereocenters. The second kappa shape index (κ2) is 6.30. The van der Waals surface area contributed by atoms with Crippen molar-refractivity contribution in [3.63, 3.8) is 0 Å². The molecule has 1 aromatic rings. The molecule has 0 saturated carbocycles. The van der Waals surface area contributed by atoms with Gasteiger partial charge in [-0.1, -0.05) is 30.4 Å². The molecule has 1 N–H and O–H groups in total. The number of nitrogens with one attached hydrogen (secondary N) is 1. The standard InChI is InChI=1S/C19H26N2O3/c1-13(2)14-8-7-9-15(12-14)18(3,4)20-17(23)21-10-11-24-16(22)19(21,5)6/h7-9,12H,1,10-11H2,2-6H3,(H,20,23). The van der Waals surface area contributed by atoms with Gasteiger partial charge >= 0.3 is 12.0 Å². The van der Waals surface area contributed by atoms with Gasteiger partial charge in [0.2, 0.25) is 0 Å². The molecule has 1 aromatic carbocycles. The minimum absolute atomic E-state index is 0.223. The molecule has 1 fully saturated rings. The fourth-order valence-electron chi connectivity index (χ4n) is 2.73. The first-order chi connectivity index (χ1) is 11.1. The van der Waals surface area contributed by atoms with Gasteiger partial charge in [0.25, 0.3) is 0 Å². The van der Waals surface area contributed by atoms with Crippen molar-refractivity contribution >= 4 is 17.6 Å². The molecule has 1 heterocycles. The fraction of sp³-hybridized carbons (Fsp3) is 0.474. The Bertz CT molecular complexity index is 677. The van der Waals surface area contributed by atoms with Gasteiger partial charge in [-0.25, -0.2) is 9.59 Å². The summed E-state index contributed by atoms with van der Waals surface area (Å²) < 4.78 is 5.06. The van der Waals surface area contributed by atoms with Gasteiger partial charge in [0, 0.05) is 0 Å². The van der Waals surface area contributed by atoms with E-state index >= 15 is 0 Å². The number of nitrogens with zero attached hydrogens (tertiary/aromatic N) is 1. The maximum Gasteiger partial charge on any atom is 0.331 e. The number of carbonyl (C=O) groups is 2. The summed E-state index contributed by atoms with van der Waals surface area (Å²) in [5.41, 5.74) is 1.43. The van der Waals surface area contributed by atoms with Crippen LogP contribution in [0.4, 0.5) is 4.79 Å². The normalized spacial score (nSPS) is 17.2. The van der Waals surface area contributed by atoms with Gasteiger partial charge in [-0.05, 0) is 51.8 Å². The van der Waals surface area contributed by atoms with Crippen molar-refractivity contribution in [2.75, 3.05) is 13.2 Å². The van der Waals surface area contributed by atoms with Gasteiger partial charge in [-0.2, -0.15) is 0 Å². The largest absolute Gasteiger partial charge is 0.462 e. The molecule has 24 heavy (non-hydrogen) atoms. The zero-order chi connectivity index (χ0) is 18.1. The first-order valence-electron chi connectivity index (χ1n) is 8.09. The van der Waals surface area contributed by atoms with Crippen LogP contribution in [0.5, 0.6) is 0 Å². The van der Waals surface area contributed by atoms with Crippen LogP contribution in [-0.4, -0.2) is 35.6 Å². The first kappa shape index (κ1) is 18.0. The number of ether oxygens (including phenoxy) is 1. The van der Waals surface area contributed by atoms with Crippen molar-refractivity contribution in [3.05, 3.63) is 42.0 Å². The third-order valence-corrected chi connectivity index (χ3v) is 4.46. The van der Waals surface area contributed by atoms with Crippen molar-refractivity contribution in [3.8, 4) is 0 Å². The summed E-state index contributed by atoms with van der Waals surface area (Å²) in [4.78, 5) is 26.2. The van der Waals surface area contributed by atoms with Crippen LogP contribution in [0.1, 0.15) is 45.7 Å². The van der Waals surface area contributed by atoms with E-state index in [9.17, 15) is 9.59 Å². The number of hydrogen-bond donors (Lipinski definition) is 1. The first-order valence-corrected chi connectivity index (χ1v) is 8.09. The number of benzene rings is 1. The van der Waals surface area contributed by atoms with E-state index in [1.165, 1.54) is 4.90 Å². The molecule has 1 aliphatic rings. The van der Waals surface area contributed by atoms with Crippen molar-refractivity contribution in [1.82, 2.24) is 10.2 Å². The number of allylic oxidation sites excluding steroid dienone is 1. The molecule has 1 aliphatic heterocycles. The number of rotatable bonds is 3. The molecular weight excluding hydrogens is 304 g/mol. The lowest BCUT2D eigenvalue weighted by atomic mass is 9.91. The summed E-state index contributed by atoms with van der Waals surface area (Å²) in [6.07, 6.45) is 0. The average Bonchev–Trinajstić information content (AvgIpc) is 2.49. The number of morpholine rings is 1.